The number of ether oxygens (including phenoxy) is 5. The SMILES string of the molecule is C=CCOC[C@H](CC(C)C)NC(=O)C[C@H]1[C@@H]2OC(C)(C)O[C@H]2c2cc3c(cc2N1CC=C)OCO3. The maximum Gasteiger partial charge on any atom is 0.231 e. The van der Waals surface area contributed by atoms with Crippen molar-refractivity contribution >= 4 is 11.6 Å². The molecular weight excluding hydrogens is 448 g/mol. The number of nitrogens with zero attached hydrogens (tertiary/aromatic N) is 1. The zero-order chi connectivity index (χ0) is 25.2. The number of amides is 1. The van der Waals surface area contributed by atoms with Crippen LogP contribution in [0.3, 0.4) is 0 Å². The quantitative estimate of drug-likeness (QED) is 0.373. The van der Waals surface area contributed by atoms with Gasteiger partial charge in [0.2, 0.25) is 12.7 Å². The first-order chi connectivity index (χ1) is 16.7. The number of hydrogen-bond acceptors (Lipinski definition) is 7. The molecule has 1 fully saturated rings. The molecule has 3 aliphatic heterocycles. The van der Waals surface area contributed by atoms with Crippen LogP contribution in [0.4, 0.5) is 5.69 Å². The highest BCUT2D eigenvalue weighted by atomic mass is 16.8. The van der Waals surface area contributed by atoms with Crippen LogP contribution in [-0.4, -0.2) is 56.4 Å². The molecule has 0 unspecified atom stereocenters. The number of carbonyl (C=O) groups excluding carboxylic acids is 1. The number of anilines is 1. The summed E-state index contributed by atoms with van der Waals surface area (Å²) >= 11 is 0. The zero-order valence-corrected chi connectivity index (χ0v) is 21.2. The summed E-state index contributed by atoms with van der Waals surface area (Å²) < 4.78 is 29.7. The van der Waals surface area contributed by atoms with E-state index >= 15 is 0 Å². The summed E-state index contributed by atoms with van der Waals surface area (Å²) in [7, 11) is 0. The van der Waals surface area contributed by atoms with Crippen LogP contribution in [0.5, 0.6) is 11.5 Å². The Morgan fingerprint density at radius 1 is 1.23 bits per heavy atom. The van der Waals surface area contributed by atoms with E-state index in [9.17, 15) is 4.79 Å². The molecule has 3 heterocycles. The Hall–Kier alpha value is -2.55. The summed E-state index contributed by atoms with van der Waals surface area (Å²) in [4.78, 5) is 15.5. The Morgan fingerprint density at radius 3 is 2.66 bits per heavy atom. The van der Waals surface area contributed by atoms with E-state index in [0.717, 1.165) is 17.7 Å². The number of benzene rings is 1. The topological polar surface area (TPSA) is 78.5 Å². The Morgan fingerprint density at radius 2 is 1.97 bits per heavy atom. The molecule has 4 atom stereocenters. The summed E-state index contributed by atoms with van der Waals surface area (Å²) in [6.07, 6.45) is 3.98. The minimum atomic E-state index is -0.777. The van der Waals surface area contributed by atoms with Crippen LogP contribution in [0.2, 0.25) is 0 Å². The fourth-order valence-electron chi connectivity index (χ4n) is 5.20. The molecule has 1 saturated heterocycles. The van der Waals surface area contributed by atoms with E-state index in [-0.39, 0.29) is 43.4 Å². The van der Waals surface area contributed by atoms with Crippen LogP contribution in [0.15, 0.2) is 37.4 Å². The maximum absolute atomic E-state index is 13.4. The average Bonchev–Trinajstić information content (AvgIpc) is 3.37. The van der Waals surface area contributed by atoms with Crippen LogP contribution < -0.4 is 19.7 Å². The van der Waals surface area contributed by atoms with Crippen molar-refractivity contribution in [3.05, 3.63) is 43.0 Å². The number of hydrogen-bond donors (Lipinski definition) is 1. The summed E-state index contributed by atoms with van der Waals surface area (Å²) in [5.41, 5.74) is 1.92. The van der Waals surface area contributed by atoms with Crippen molar-refractivity contribution in [2.75, 3.05) is 31.5 Å². The fourth-order valence-corrected chi connectivity index (χ4v) is 5.20. The van der Waals surface area contributed by atoms with E-state index in [4.69, 9.17) is 23.7 Å². The molecule has 3 aliphatic rings. The van der Waals surface area contributed by atoms with Gasteiger partial charge in [-0.05, 0) is 32.3 Å². The van der Waals surface area contributed by atoms with E-state index in [2.05, 4.69) is 37.2 Å². The Bertz CT molecular complexity index is 946. The van der Waals surface area contributed by atoms with Crippen LogP contribution in [0, 0.1) is 5.92 Å². The van der Waals surface area contributed by atoms with Crippen molar-refractivity contribution in [1.82, 2.24) is 5.32 Å². The molecule has 4 rings (SSSR count). The van der Waals surface area contributed by atoms with Gasteiger partial charge in [-0.15, -0.1) is 13.2 Å². The summed E-state index contributed by atoms with van der Waals surface area (Å²) in [5.74, 6) is 0.983. The highest BCUT2D eigenvalue weighted by Gasteiger charge is 2.52. The molecule has 0 spiro atoms. The predicted octanol–water partition coefficient (Wildman–Crippen LogP) is 4.11. The zero-order valence-electron chi connectivity index (χ0n) is 21.2. The Kier molecular flexibility index (Phi) is 7.73. The van der Waals surface area contributed by atoms with Crippen molar-refractivity contribution in [1.29, 1.82) is 0 Å². The summed E-state index contributed by atoms with van der Waals surface area (Å²) in [5, 5.41) is 3.19. The highest BCUT2D eigenvalue weighted by molar-refractivity contribution is 5.78. The lowest BCUT2D eigenvalue weighted by Gasteiger charge is -2.43. The molecule has 8 heteroatoms. The van der Waals surface area contributed by atoms with Crippen LogP contribution >= 0.6 is 0 Å². The second kappa shape index (κ2) is 10.6. The van der Waals surface area contributed by atoms with Crippen LogP contribution in [0.1, 0.15) is 52.2 Å². The largest absolute Gasteiger partial charge is 0.454 e. The minimum Gasteiger partial charge on any atom is -0.454 e. The Balaban J connectivity index is 1.60. The van der Waals surface area contributed by atoms with Gasteiger partial charge in [0.05, 0.1) is 25.3 Å². The first-order valence-corrected chi connectivity index (χ1v) is 12.4. The standard InChI is InChI=1S/C27H38N2O6/c1-7-9-29-20-13-23-22(32-16-33-23)12-19(20)25-26(35-27(5,6)34-25)21(29)14-24(30)28-18(11-17(3)4)15-31-10-8-2/h7-8,12-13,17-18,21,25-26H,1-2,9-11,14-16H2,3-6H3,(H,28,30)/t18-,21-,25-,26-/m0/s1. The third-order valence-electron chi connectivity index (χ3n) is 6.44. The molecule has 192 valence electrons. The lowest BCUT2D eigenvalue weighted by molar-refractivity contribution is -0.148. The highest BCUT2D eigenvalue weighted by Crippen LogP contribution is 2.52. The van der Waals surface area contributed by atoms with Gasteiger partial charge >= 0.3 is 0 Å². The number of nitrogens with one attached hydrogen (secondary N) is 1. The van der Waals surface area contributed by atoms with Gasteiger partial charge in [0, 0.05) is 30.3 Å². The van der Waals surface area contributed by atoms with E-state index in [1.807, 2.05) is 32.1 Å². The lowest BCUT2D eigenvalue weighted by Crippen LogP contribution is -2.53. The summed E-state index contributed by atoms with van der Waals surface area (Å²) in [6.45, 7) is 17.4. The average molecular weight is 487 g/mol. The van der Waals surface area contributed by atoms with Gasteiger partial charge in [0.25, 0.3) is 0 Å². The van der Waals surface area contributed by atoms with E-state index in [1.165, 1.54) is 0 Å². The van der Waals surface area contributed by atoms with Gasteiger partial charge in [0.1, 0.15) is 12.2 Å². The van der Waals surface area contributed by atoms with Gasteiger partial charge < -0.3 is 33.9 Å². The van der Waals surface area contributed by atoms with Crippen molar-refractivity contribution < 1.29 is 28.5 Å². The maximum atomic E-state index is 13.4. The Labute approximate surface area is 208 Å². The monoisotopic (exact) mass is 486 g/mol. The first kappa shape index (κ1) is 25.5. The minimum absolute atomic E-state index is 0.0480. The first-order valence-electron chi connectivity index (χ1n) is 12.4. The molecule has 8 nitrogen and oxygen atoms in total. The number of rotatable bonds is 11. The smallest absolute Gasteiger partial charge is 0.231 e. The van der Waals surface area contributed by atoms with Gasteiger partial charge in [-0.2, -0.15) is 0 Å². The molecule has 0 aromatic heterocycles. The normalized spacial score (nSPS) is 24.6. The molecule has 1 aromatic rings. The second-order valence-electron chi connectivity index (χ2n) is 10.2. The third kappa shape index (κ3) is 5.66. The molecule has 1 amide bonds. The molecular formula is C27H38N2O6. The van der Waals surface area contributed by atoms with E-state index in [1.54, 1.807) is 6.08 Å². The van der Waals surface area contributed by atoms with Crippen molar-refractivity contribution in [2.45, 2.75) is 70.6 Å². The van der Waals surface area contributed by atoms with Gasteiger partial charge in [-0.3, -0.25) is 4.79 Å². The molecule has 0 bridgehead atoms. The number of carbonyl (C=O) groups is 1. The van der Waals surface area contributed by atoms with E-state index in [0.29, 0.717) is 37.2 Å². The lowest BCUT2D eigenvalue weighted by atomic mass is 9.88. The molecule has 0 aliphatic carbocycles. The van der Waals surface area contributed by atoms with E-state index < -0.39 is 5.79 Å². The van der Waals surface area contributed by atoms with Gasteiger partial charge in [-0.25, -0.2) is 0 Å². The van der Waals surface area contributed by atoms with Crippen molar-refractivity contribution in [3.63, 3.8) is 0 Å². The van der Waals surface area contributed by atoms with Crippen molar-refractivity contribution in [3.8, 4) is 11.5 Å². The van der Waals surface area contributed by atoms with Crippen molar-refractivity contribution in [2.24, 2.45) is 5.92 Å². The third-order valence-corrected chi connectivity index (χ3v) is 6.44. The van der Waals surface area contributed by atoms with Gasteiger partial charge in [-0.1, -0.05) is 26.0 Å². The molecule has 1 N–H and O–H groups in total. The predicted molar refractivity (Wildman–Crippen MR) is 134 cm³/mol. The molecule has 1 aromatic carbocycles. The fraction of sp³-hybridized carbons (Fsp3) is 0.593. The van der Waals surface area contributed by atoms with Crippen LogP contribution in [-0.2, 0) is 19.0 Å². The van der Waals surface area contributed by atoms with Crippen LogP contribution in [0.25, 0.3) is 0 Å². The molecule has 0 radical (unpaired) electrons. The van der Waals surface area contributed by atoms with Gasteiger partial charge in [0.15, 0.2) is 17.3 Å². The number of fused-ring (bicyclic) bond motifs is 4. The molecule has 35 heavy (non-hydrogen) atoms. The molecule has 0 saturated carbocycles. The second-order valence-corrected chi connectivity index (χ2v) is 10.2. The summed E-state index contributed by atoms with van der Waals surface area (Å²) in [6, 6.07) is 3.62.